The van der Waals surface area contributed by atoms with Gasteiger partial charge in [-0.25, -0.2) is 4.79 Å². The molecular formula is C21H24N4O4. The molecule has 8 nitrogen and oxygen atoms in total. The van der Waals surface area contributed by atoms with Crippen molar-refractivity contribution in [3.8, 4) is 0 Å². The van der Waals surface area contributed by atoms with Crippen molar-refractivity contribution < 1.29 is 19.1 Å². The number of cyclic esters (lactones) is 1. The van der Waals surface area contributed by atoms with E-state index in [4.69, 9.17) is 14.9 Å². The Bertz CT molecular complexity index is 874. The Balaban J connectivity index is 1.64. The van der Waals surface area contributed by atoms with Crippen LogP contribution >= 0.6 is 0 Å². The van der Waals surface area contributed by atoms with Gasteiger partial charge in [0.1, 0.15) is 24.7 Å². The molecule has 1 aromatic carbocycles. The minimum atomic E-state index is -0.367. The normalized spacial score (nSPS) is 17.6. The van der Waals surface area contributed by atoms with Crippen LogP contribution in [0.1, 0.15) is 5.56 Å². The molecule has 0 aromatic heterocycles. The summed E-state index contributed by atoms with van der Waals surface area (Å²) in [6.07, 6.45) is 4.61. The second-order valence-electron chi connectivity index (χ2n) is 6.46. The molecule has 3 N–H and O–H groups in total. The number of hydrogen-bond acceptors (Lipinski definition) is 6. The molecule has 0 atom stereocenters. The third-order valence-electron chi connectivity index (χ3n) is 4.50. The maximum absolute atomic E-state index is 12.6. The molecule has 1 aromatic rings. The van der Waals surface area contributed by atoms with Crippen molar-refractivity contribution in [2.45, 2.75) is 6.61 Å². The van der Waals surface area contributed by atoms with E-state index in [1.165, 1.54) is 4.90 Å². The minimum absolute atomic E-state index is 0.208. The van der Waals surface area contributed by atoms with Crippen molar-refractivity contribution >= 4 is 17.7 Å². The van der Waals surface area contributed by atoms with Crippen molar-refractivity contribution in [3.63, 3.8) is 0 Å². The average Bonchev–Trinajstić information content (AvgIpc) is 3.14. The SMILES string of the molecule is CN/C(C(=O)NCCN1CCOC1=O)=C1/C=C(OCc2ccccc2)C=CC1=N. The van der Waals surface area contributed by atoms with Crippen molar-refractivity contribution in [3.05, 3.63) is 71.2 Å². The van der Waals surface area contributed by atoms with Crippen LogP contribution < -0.4 is 10.6 Å². The van der Waals surface area contributed by atoms with E-state index in [1.807, 2.05) is 30.3 Å². The Morgan fingerprint density at radius 2 is 2.07 bits per heavy atom. The summed E-state index contributed by atoms with van der Waals surface area (Å²) in [6, 6.07) is 9.76. The van der Waals surface area contributed by atoms with Gasteiger partial charge in [-0.15, -0.1) is 0 Å². The number of carbonyl (C=O) groups is 2. The van der Waals surface area contributed by atoms with Gasteiger partial charge in [-0.3, -0.25) is 4.79 Å². The second kappa shape index (κ2) is 9.59. The Kier molecular flexibility index (Phi) is 6.67. The summed E-state index contributed by atoms with van der Waals surface area (Å²) in [5, 5.41) is 13.8. The van der Waals surface area contributed by atoms with Gasteiger partial charge in [0.2, 0.25) is 0 Å². The Hall–Kier alpha value is -3.55. The van der Waals surface area contributed by atoms with Gasteiger partial charge in [0.15, 0.2) is 0 Å². The van der Waals surface area contributed by atoms with Crippen LogP contribution in [0, 0.1) is 5.41 Å². The summed E-state index contributed by atoms with van der Waals surface area (Å²) in [5.74, 6) is 0.217. The number of nitrogens with one attached hydrogen (secondary N) is 3. The van der Waals surface area contributed by atoms with Gasteiger partial charge in [-0.2, -0.15) is 0 Å². The number of carbonyl (C=O) groups excluding carboxylic acids is 2. The topological polar surface area (TPSA) is 104 Å². The van der Waals surface area contributed by atoms with Gasteiger partial charge in [0.25, 0.3) is 5.91 Å². The highest BCUT2D eigenvalue weighted by Crippen LogP contribution is 2.18. The molecule has 8 heteroatoms. The maximum Gasteiger partial charge on any atom is 0.409 e. The number of benzene rings is 1. The van der Waals surface area contributed by atoms with Crippen LogP contribution in [0.3, 0.4) is 0 Å². The molecule has 3 rings (SSSR count). The molecule has 0 saturated carbocycles. The lowest BCUT2D eigenvalue weighted by atomic mass is 10.0. The zero-order chi connectivity index (χ0) is 20.6. The first-order chi connectivity index (χ1) is 14.1. The van der Waals surface area contributed by atoms with Crippen molar-refractivity contribution in [1.82, 2.24) is 15.5 Å². The first kappa shape index (κ1) is 20.2. The number of rotatable bonds is 8. The molecule has 0 unspecified atom stereocenters. The van der Waals surface area contributed by atoms with E-state index in [-0.39, 0.29) is 30.0 Å². The highest BCUT2D eigenvalue weighted by atomic mass is 16.6. The largest absolute Gasteiger partial charge is 0.489 e. The van der Waals surface area contributed by atoms with Crippen LogP contribution in [0.2, 0.25) is 0 Å². The van der Waals surface area contributed by atoms with Crippen LogP contribution in [0.4, 0.5) is 4.79 Å². The molecule has 1 aliphatic heterocycles. The van der Waals surface area contributed by atoms with Gasteiger partial charge < -0.3 is 30.4 Å². The number of amides is 2. The number of allylic oxidation sites excluding steroid dienone is 4. The Morgan fingerprint density at radius 3 is 2.76 bits per heavy atom. The lowest BCUT2D eigenvalue weighted by Crippen LogP contribution is -2.38. The Morgan fingerprint density at radius 1 is 1.28 bits per heavy atom. The summed E-state index contributed by atoms with van der Waals surface area (Å²) in [7, 11) is 1.63. The second-order valence-corrected chi connectivity index (χ2v) is 6.46. The van der Waals surface area contributed by atoms with Gasteiger partial charge in [-0.05, 0) is 23.8 Å². The highest BCUT2D eigenvalue weighted by molar-refractivity contribution is 6.14. The summed E-state index contributed by atoms with van der Waals surface area (Å²) in [5.41, 5.74) is 1.94. The van der Waals surface area contributed by atoms with E-state index in [1.54, 1.807) is 25.3 Å². The van der Waals surface area contributed by atoms with Gasteiger partial charge >= 0.3 is 6.09 Å². The quantitative estimate of drug-likeness (QED) is 0.581. The van der Waals surface area contributed by atoms with E-state index in [0.29, 0.717) is 37.6 Å². The molecule has 1 saturated heterocycles. The number of hydrogen-bond donors (Lipinski definition) is 3. The molecule has 152 valence electrons. The zero-order valence-electron chi connectivity index (χ0n) is 16.2. The number of ether oxygens (including phenoxy) is 2. The monoisotopic (exact) mass is 396 g/mol. The molecule has 1 heterocycles. The molecule has 29 heavy (non-hydrogen) atoms. The molecule has 2 amide bonds. The first-order valence-electron chi connectivity index (χ1n) is 9.36. The smallest absolute Gasteiger partial charge is 0.409 e. The van der Waals surface area contributed by atoms with E-state index in [9.17, 15) is 9.59 Å². The molecule has 1 fully saturated rings. The van der Waals surface area contributed by atoms with Crippen LogP contribution in [0.5, 0.6) is 0 Å². The van der Waals surface area contributed by atoms with E-state index in [0.717, 1.165) is 5.56 Å². The zero-order valence-corrected chi connectivity index (χ0v) is 16.2. The standard InChI is InChI=1S/C21H24N4O4/c1-23-19(20(26)24-9-10-25-11-12-28-21(25)27)17-13-16(7-8-18(17)22)29-14-15-5-3-2-4-6-15/h2-8,13,22-23H,9-12,14H2,1H3,(H,24,26)/b19-17-,22-18?. The van der Waals surface area contributed by atoms with Crippen LogP contribution in [0.15, 0.2) is 65.6 Å². The molecule has 0 radical (unpaired) electrons. The fourth-order valence-electron chi connectivity index (χ4n) is 2.95. The predicted octanol–water partition coefficient (Wildman–Crippen LogP) is 1.72. The van der Waals surface area contributed by atoms with Gasteiger partial charge in [0.05, 0.1) is 12.3 Å². The van der Waals surface area contributed by atoms with E-state index in [2.05, 4.69) is 10.6 Å². The third-order valence-corrected chi connectivity index (χ3v) is 4.50. The van der Waals surface area contributed by atoms with E-state index >= 15 is 0 Å². The summed E-state index contributed by atoms with van der Waals surface area (Å²) in [4.78, 5) is 25.6. The molecule has 0 bridgehead atoms. The van der Waals surface area contributed by atoms with Crippen molar-refractivity contribution in [2.24, 2.45) is 0 Å². The third kappa shape index (κ3) is 5.25. The summed E-state index contributed by atoms with van der Waals surface area (Å²) in [6.45, 7) is 1.95. The lowest BCUT2D eigenvalue weighted by molar-refractivity contribution is -0.117. The predicted molar refractivity (Wildman–Crippen MR) is 108 cm³/mol. The molecule has 1 aliphatic carbocycles. The maximum atomic E-state index is 12.6. The molecular weight excluding hydrogens is 372 g/mol. The van der Waals surface area contributed by atoms with Gasteiger partial charge in [0, 0.05) is 25.7 Å². The lowest BCUT2D eigenvalue weighted by Gasteiger charge is -2.17. The van der Waals surface area contributed by atoms with E-state index < -0.39 is 0 Å². The summed E-state index contributed by atoms with van der Waals surface area (Å²) >= 11 is 0. The minimum Gasteiger partial charge on any atom is -0.489 e. The van der Waals surface area contributed by atoms with Crippen LogP contribution in [-0.4, -0.2) is 55.9 Å². The average molecular weight is 396 g/mol. The van der Waals surface area contributed by atoms with Crippen molar-refractivity contribution in [2.75, 3.05) is 33.3 Å². The molecule has 0 spiro atoms. The first-order valence-corrected chi connectivity index (χ1v) is 9.36. The molecule has 2 aliphatic rings. The van der Waals surface area contributed by atoms with Gasteiger partial charge in [-0.1, -0.05) is 30.3 Å². The number of nitrogens with zero attached hydrogens (tertiary/aromatic N) is 1. The Labute approximate surface area is 169 Å². The highest BCUT2D eigenvalue weighted by Gasteiger charge is 2.22. The fraction of sp³-hybridized carbons (Fsp3) is 0.286. The summed E-state index contributed by atoms with van der Waals surface area (Å²) < 4.78 is 10.7. The fourth-order valence-corrected chi connectivity index (χ4v) is 2.95. The van der Waals surface area contributed by atoms with Crippen LogP contribution in [-0.2, 0) is 20.9 Å². The number of likely N-dealkylation sites (N-methyl/N-ethyl adjacent to an activating group) is 1. The van der Waals surface area contributed by atoms with Crippen LogP contribution in [0.25, 0.3) is 0 Å². The van der Waals surface area contributed by atoms with Crippen molar-refractivity contribution in [1.29, 1.82) is 5.41 Å².